The van der Waals surface area contributed by atoms with Crippen molar-refractivity contribution >= 4 is 41.3 Å². The van der Waals surface area contributed by atoms with Gasteiger partial charge in [0.25, 0.3) is 0 Å². The summed E-state index contributed by atoms with van der Waals surface area (Å²) in [6, 6.07) is 10.3. The van der Waals surface area contributed by atoms with Crippen LogP contribution in [0.1, 0.15) is 29.8 Å². The van der Waals surface area contributed by atoms with Crippen LogP contribution in [-0.2, 0) is 6.54 Å². The molecule has 1 fully saturated rings. The Bertz CT molecular complexity index is 648. The van der Waals surface area contributed by atoms with Gasteiger partial charge in [-0.25, -0.2) is 9.98 Å². The number of aliphatic imine (C=N–C) groups is 1. The van der Waals surface area contributed by atoms with Gasteiger partial charge in [0.05, 0.1) is 12.2 Å². The molecule has 0 aliphatic carbocycles. The topological polar surface area (TPSA) is 54.5 Å². The van der Waals surface area contributed by atoms with Crippen molar-refractivity contribution in [1.29, 1.82) is 0 Å². The van der Waals surface area contributed by atoms with Gasteiger partial charge in [0.15, 0.2) is 5.96 Å². The number of likely N-dealkylation sites (tertiary alicyclic amines) is 1. The fourth-order valence-corrected chi connectivity index (χ4v) is 3.65. The largest absolute Gasteiger partial charge is 0.370 e. The van der Waals surface area contributed by atoms with Gasteiger partial charge in [-0.2, -0.15) is 0 Å². The molecule has 0 saturated carbocycles. The lowest BCUT2D eigenvalue weighted by Crippen LogP contribution is -2.40. The first kappa shape index (κ1) is 18.2. The van der Waals surface area contributed by atoms with Crippen molar-refractivity contribution in [3.05, 3.63) is 40.9 Å². The first-order chi connectivity index (χ1) is 10.7. The number of piperidine rings is 1. The molecule has 2 N–H and O–H groups in total. The zero-order valence-corrected chi connectivity index (χ0v) is 16.5. The van der Waals surface area contributed by atoms with Crippen LogP contribution >= 0.6 is 35.3 Å². The van der Waals surface area contributed by atoms with Crippen LogP contribution in [0.4, 0.5) is 0 Å². The number of benzene rings is 1. The predicted octanol–water partition coefficient (Wildman–Crippen LogP) is 4.04. The van der Waals surface area contributed by atoms with E-state index in [1.807, 2.05) is 25.1 Å². The molecular formula is C17H23IN4S. The first-order valence-electron chi connectivity index (χ1n) is 7.80. The van der Waals surface area contributed by atoms with Crippen molar-refractivity contribution < 1.29 is 0 Å². The molecule has 23 heavy (non-hydrogen) atoms. The van der Waals surface area contributed by atoms with E-state index in [1.54, 1.807) is 11.3 Å². The Morgan fingerprint density at radius 2 is 1.91 bits per heavy atom. The summed E-state index contributed by atoms with van der Waals surface area (Å²) in [6.07, 6.45) is 3.74. The van der Waals surface area contributed by atoms with E-state index in [2.05, 4.69) is 27.0 Å². The highest BCUT2D eigenvalue weighted by molar-refractivity contribution is 14.0. The smallest absolute Gasteiger partial charge is 0.191 e. The van der Waals surface area contributed by atoms with E-state index in [0.29, 0.717) is 12.5 Å². The average Bonchev–Trinajstić information content (AvgIpc) is 2.95. The Morgan fingerprint density at radius 1 is 1.22 bits per heavy atom. The minimum absolute atomic E-state index is 0. The summed E-state index contributed by atoms with van der Waals surface area (Å²) in [6.45, 7) is 4.74. The molecule has 3 rings (SSSR count). The summed E-state index contributed by atoms with van der Waals surface area (Å²) in [4.78, 5) is 12.6. The van der Waals surface area contributed by atoms with E-state index in [0.717, 1.165) is 29.4 Å². The molecule has 2 aromatic rings. The highest BCUT2D eigenvalue weighted by atomic mass is 127. The van der Waals surface area contributed by atoms with Crippen LogP contribution in [0, 0.1) is 6.92 Å². The molecule has 0 spiro atoms. The number of hydrogen-bond acceptors (Lipinski definition) is 3. The lowest BCUT2D eigenvalue weighted by Gasteiger charge is -2.27. The second kappa shape index (κ2) is 8.63. The van der Waals surface area contributed by atoms with Gasteiger partial charge in [0.2, 0.25) is 0 Å². The number of guanidine groups is 1. The van der Waals surface area contributed by atoms with Gasteiger partial charge in [-0.1, -0.05) is 30.3 Å². The number of rotatable bonds is 3. The van der Waals surface area contributed by atoms with Gasteiger partial charge in [-0.15, -0.1) is 35.3 Å². The van der Waals surface area contributed by atoms with E-state index in [1.165, 1.54) is 24.1 Å². The fraction of sp³-hybridized carbons (Fsp3) is 0.412. The van der Waals surface area contributed by atoms with Crippen molar-refractivity contribution in [1.82, 2.24) is 9.88 Å². The molecule has 2 heterocycles. The van der Waals surface area contributed by atoms with E-state index >= 15 is 0 Å². The van der Waals surface area contributed by atoms with E-state index in [9.17, 15) is 0 Å². The predicted molar refractivity (Wildman–Crippen MR) is 108 cm³/mol. The van der Waals surface area contributed by atoms with Crippen molar-refractivity contribution in [3.63, 3.8) is 0 Å². The van der Waals surface area contributed by atoms with E-state index in [-0.39, 0.29) is 24.0 Å². The third-order valence-electron chi connectivity index (χ3n) is 3.98. The second-order valence-electron chi connectivity index (χ2n) is 5.62. The molecular weight excluding hydrogens is 419 g/mol. The van der Waals surface area contributed by atoms with Crippen LogP contribution in [0.2, 0.25) is 0 Å². The molecule has 0 atom stereocenters. The SMILES string of the molecule is Cc1nc(-c2ccccc2)sc1CN=C(N)N1CCCCC1.I. The van der Waals surface area contributed by atoms with Crippen LogP contribution < -0.4 is 5.73 Å². The van der Waals surface area contributed by atoms with Gasteiger partial charge >= 0.3 is 0 Å². The van der Waals surface area contributed by atoms with Gasteiger partial charge in [-0.3, -0.25) is 0 Å². The zero-order valence-electron chi connectivity index (χ0n) is 13.4. The number of aromatic nitrogens is 1. The Labute approximate surface area is 158 Å². The van der Waals surface area contributed by atoms with Gasteiger partial charge in [0.1, 0.15) is 5.01 Å². The number of halogens is 1. The maximum atomic E-state index is 6.12. The van der Waals surface area contributed by atoms with Crippen molar-refractivity contribution in [2.45, 2.75) is 32.7 Å². The number of nitrogens with zero attached hydrogens (tertiary/aromatic N) is 3. The Kier molecular flexibility index (Phi) is 6.83. The second-order valence-corrected chi connectivity index (χ2v) is 6.70. The summed E-state index contributed by atoms with van der Waals surface area (Å²) in [5.41, 5.74) is 8.34. The third-order valence-corrected chi connectivity index (χ3v) is 5.17. The van der Waals surface area contributed by atoms with E-state index in [4.69, 9.17) is 5.73 Å². The molecule has 1 saturated heterocycles. The number of aryl methyl sites for hydroxylation is 1. The average molecular weight is 442 g/mol. The first-order valence-corrected chi connectivity index (χ1v) is 8.62. The zero-order chi connectivity index (χ0) is 15.4. The minimum atomic E-state index is 0. The molecule has 0 amide bonds. The normalized spacial score (nSPS) is 15.3. The maximum absolute atomic E-state index is 6.12. The standard InChI is InChI=1S/C17H22N4S.HI/c1-13-15(12-19-17(18)21-10-6-3-7-11-21)22-16(20-13)14-8-4-2-5-9-14;/h2,4-5,8-9H,3,6-7,10-12H2,1H3,(H2,18,19);1H. The molecule has 0 unspecified atom stereocenters. The molecule has 1 aromatic heterocycles. The maximum Gasteiger partial charge on any atom is 0.191 e. The lowest BCUT2D eigenvalue weighted by atomic mass is 10.1. The van der Waals surface area contributed by atoms with E-state index < -0.39 is 0 Å². The summed E-state index contributed by atoms with van der Waals surface area (Å²) in [5.74, 6) is 0.675. The van der Waals surface area contributed by atoms with Crippen LogP contribution in [0.25, 0.3) is 10.6 Å². The van der Waals surface area contributed by atoms with Gasteiger partial charge in [-0.05, 0) is 26.2 Å². The molecule has 1 aliphatic rings. The molecule has 1 aromatic carbocycles. The van der Waals surface area contributed by atoms with Gasteiger partial charge in [0, 0.05) is 23.5 Å². The quantitative estimate of drug-likeness (QED) is 0.444. The Balaban J connectivity index is 0.00000192. The highest BCUT2D eigenvalue weighted by Gasteiger charge is 2.13. The van der Waals surface area contributed by atoms with Crippen LogP contribution in [0.3, 0.4) is 0 Å². The summed E-state index contributed by atoms with van der Waals surface area (Å²) >= 11 is 1.71. The number of nitrogens with two attached hydrogens (primary N) is 1. The summed E-state index contributed by atoms with van der Waals surface area (Å²) in [7, 11) is 0. The molecule has 1 aliphatic heterocycles. The van der Waals surface area contributed by atoms with Crippen molar-refractivity contribution in [2.24, 2.45) is 10.7 Å². The van der Waals surface area contributed by atoms with Crippen LogP contribution in [-0.4, -0.2) is 28.9 Å². The Morgan fingerprint density at radius 3 is 2.61 bits per heavy atom. The monoisotopic (exact) mass is 442 g/mol. The van der Waals surface area contributed by atoms with Crippen molar-refractivity contribution in [3.8, 4) is 10.6 Å². The summed E-state index contributed by atoms with van der Waals surface area (Å²) in [5, 5.41) is 1.06. The van der Waals surface area contributed by atoms with Crippen LogP contribution in [0.15, 0.2) is 35.3 Å². The molecule has 124 valence electrons. The number of thiazole rings is 1. The Hall–Kier alpha value is -1.15. The number of hydrogen-bond donors (Lipinski definition) is 1. The minimum Gasteiger partial charge on any atom is -0.370 e. The highest BCUT2D eigenvalue weighted by Crippen LogP contribution is 2.28. The summed E-state index contributed by atoms with van der Waals surface area (Å²) < 4.78 is 0. The molecule has 4 nitrogen and oxygen atoms in total. The lowest BCUT2D eigenvalue weighted by molar-refractivity contribution is 0.338. The molecule has 6 heteroatoms. The fourth-order valence-electron chi connectivity index (χ4n) is 2.65. The third kappa shape index (κ3) is 4.67. The van der Waals surface area contributed by atoms with Crippen molar-refractivity contribution in [2.75, 3.05) is 13.1 Å². The van der Waals surface area contributed by atoms with Crippen LogP contribution in [0.5, 0.6) is 0 Å². The molecule has 0 radical (unpaired) electrons. The van der Waals surface area contributed by atoms with Gasteiger partial charge < -0.3 is 10.6 Å². The molecule has 0 bridgehead atoms.